The number of carbonyl (C=O) groups is 3. The average Bonchev–Trinajstić information content (AvgIpc) is 2.98. The Morgan fingerprint density at radius 3 is 2.24 bits per heavy atom. The molecule has 0 aliphatic heterocycles. The summed E-state index contributed by atoms with van der Waals surface area (Å²) in [5.41, 5.74) is 4.02. The average molecular weight is 617 g/mol. The van der Waals surface area contributed by atoms with E-state index in [1.807, 2.05) is 0 Å². The first-order valence-corrected chi connectivity index (χ1v) is 12.7. The Bertz CT molecular complexity index is 1640. The second kappa shape index (κ2) is 13.1. The molecule has 0 radical (unpaired) electrons. The van der Waals surface area contributed by atoms with Crippen molar-refractivity contribution < 1.29 is 28.8 Å². The van der Waals surface area contributed by atoms with E-state index in [-0.39, 0.29) is 22.6 Å². The van der Waals surface area contributed by atoms with Crippen LogP contribution in [0.2, 0.25) is 0 Å². The van der Waals surface area contributed by atoms with Gasteiger partial charge in [0.1, 0.15) is 0 Å². The highest BCUT2D eigenvalue weighted by atomic mass is 79.9. The fourth-order valence-corrected chi connectivity index (χ4v) is 3.76. The smallest absolute Gasteiger partial charge is 0.343 e. The van der Waals surface area contributed by atoms with Crippen molar-refractivity contribution >= 4 is 51.3 Å². The van der Waals surface area contributed by atoms with Gasteiger partial charge in [-0.15, -0.1) is 0 Å². The van der Waals surface area contributed by atoms with Gasteiger partial charge in [0.15, 0.2) is 11.5 Å². The monoisotopic (exact) mass is 616 g/mol. The van der Waals surface area contributed by atoms with Crippen LogP contribution in [0.3, 0.4) is 0 Å². The molecular formula is C29H21BrN4O7. The molecule has 0 saturated heterocycles. The Labute approximate surface area is 242 Å². The van der Waals surface area contributed by atoms with E-state index in [0.29, 0.717) is 22.6 Å². The first-order valence-electron chi connectivity index (χ1n) is 11.9. The highest BCUT2D eigenvalue weighted by molar-refractivity contribution is 9.10. The minimum Gasteiger partial charge on any atom is -0.493 e. The largest absolute Gasteiger partial charge is 0.493 e. The van der Waals surface area contributed by atoms with Crippen LogP contribution in [-0.2, 0) is 0 Å². The fourth-order valence-electron chi connectivity index (χ4n) is 3.50. The van der Waals surface area contributed by atoms with Gasteiger partial charge in [-0.1, -0.05) is 22.0 Å². The molecule has 0 spiro atoms. The lowest BCUT2D eigenvalue weighted by Gasteiger charge is -2.10. The number of benzene rings is 4. The number of non-ortho nitro benzene ring substituents is 1. The zero-order chi connectivity index (χ0) is 29.4. The number of nitro groups is 1. The maximum absolute atomic E-state index is 12.6. The van der Waals surface area contributed by atoms with Gasteiger partial charge in [0.25, 0.3) is 17.5 Å². The molecule has 4 aromatic rings. The summed E-state index contributed by atoms with van der Waals surface area (Å²) in [5.74, 6) is -1.05. The summed E-state index contributed by atoms with van der Waals surface area (Å²) in [4.78, 5) is 47.8. The van der Waals surface area contributed by atoms with Crippen molar-refractivity contribution in [1.29, 1.82) is 0 Å². The van der Waals surface area contributed by atoms with Crippen molar-refractivity contribution in [3.8, 4) is 11.5 Å². The molecule has 206 valence electrons. The summed E-state index contributed by atoms with van der Waals surface area (Å²) in [6.45, 7) is 0. The molecule has 11 nitrogen and oxygen atoms in total. The Balaban J connectivity index is 1.36. The predicted octanol–water partition coefficient (Wildman–Crippen LogP) is 5.60. The van der Waals surface area contributed by atoms with Gasteiger partial charge < -0.3 is 14.8 Å². The molecule has 4 aromatic carbocycles. The van der Waals surface area contributed by atoms with E-state index in [2.05, 4.69) is 31.8 Å². The number of nitrogens with zero attached hydrogens (tertiary/aromatic N) is 2. The lowest BCUT2D eigenvalue weighted by atomic mass is 10.1. The van der Waals surface area contributed by atoms with E-state index < -0.39 is 22.7 Å². The van der Waals surface area contributed by atoms with Crippen LogP contribution in [0.4, 0.5) is 11.4 Å². The van der Waals surface area contributed by atoms with E-state index in [1.165, 1.54) is 43.7 Å². The number of nitrogens with one attached hydrogen (secondary N) is 2. The molecule has 2 amide bonds. The number of anilines is 1. The normalized spacial score (nSPS) is 10.6. The lowest BCUT2D eigenvalue weighted by molar-refractivity contribution is -0.384. The number of rotatable bonds is 9. The number of hydrogen-bond donors (Lipinski definition) is 2. The van der Waals surface area contributed by atoms with Gasteiger partial charge in [-0.05, 0) is 78.4 Å². The zero-order valence-corrected chi connectivity index (χ0v) is 23.0. The van der Waals surface area contributed by atoms with Crippen LogP contribution < -0.4 is 20.2 Å². The molecule has 4 rings (SSSR count). The molecule has 2 N–H and O–H groups in total. The standard InChI is InChI=1S/C29H21BrN4O7/c1-40-26-15-18(5-14-25(26)41-29(37)20-6-10-22(30)11-7-20)17-31-33-28(36)21-3-2-4-23(16-21)32-27(35)19-8-12-24(13-9-19)34(38)39/h2-17H,1H3,(H,32,35)(H,33,36). The number of ether oxygens (including phenoxy) is 2. The van der Waals surface area contributed by atoms with E-state index in [4.69, 9.17) is 9.47 Å². The van der Waals surface area contributed by atoms with E-state index in [9.17, 15) is 24.5 Å². The SMILES string of the molecule is COc1cc(C=NNC(=O)c2cccc(NC(=O)c3ccc([N+](=O)[O-])cc3)c2)ccc1OC(=O)c1ccc(Br)cc1. The molecule has 0 bridgehead atoms. The Kier molecular flexibility index (Phi) is 9.17. The molecule has 0 atom stereocenters. The minimum absolute atomic E-state index is 0.129. The van der Waals surface area contributed by atoms with Gasteiger partial charge in [-0.3, -0.25) is 19.7 Å². The summed E-state index contributed by atoms with van der Waals surface area (Å²) < 4.78 is 11.6. The molecule has 0 aromatic heterocycles. The third kappa shape index (κ3) is 7.61. The minimum atomic E-state index is -0.555. The Morgan fingerprint density at radius 2 is 1.56 bits per heavy atom. The van der Waals surface area contributed by atoms with Gasteiger partial charge in [0, 0.05) is 33.4 Å². The van der Waals surface area contributed by atoms with Gasteiger partial charge in [0.05, 0.1) is 23.8 Å². The molecule has 41 heavy (non-hydrogen) atoms. The van der Waals surface area contributed by atoms with Gasteiger partial charge in [0.2, 0.25) is 0 Å². The number of hydrogen-bond acceptors (Lipinski definition) is 8. The molecule has 0 saturated carbocycles. The van der Waals surface area contributed by atoms with Crippen LogP contribution in [0.15, 0.2) is 101 Å². The van der Waals surface area contributed by atoms with Gasteiger partial charge in [-0.25, -0.2) is 10.2 Å². The van der Waals surface area contributed by atoms with Gasteiger partial charge in [-0.2, -0.15) is 5.10 Å². The second-order valence-corrected chi connectivity index (χ2v) is 9.26. The topological polar surface area (TPSA) is 149 Å². The molecular weight excluding hydrogens is 596 g/mol. The molecule has 0 heterocycles. The zero-order valence-electron chi connectivity index (χ0n) is 21.4. The maximum Gasteiger partial charge on any atom is 0.343 e. The Hall–Kier alpha value is -5.36. The van der Waals surface area contributed by atoms with E-state index in [1.54, 1.807) is 60.7 Å². The van der Waals surface area contributed by atoms with Crippen molar-refractivity contribution in [2.24, 2.45) is 5.10 Å². The first-order chi connectivity index (χ1) is 19.7. The summed E-state index contributed by atoms with van der Waals surface area (Å²) >= 11 is 3.32. The third-order valence-electron chi connectivity index (χ3n) is 5.57. The lowest BCUT2D eigenvalue weighted by Crippen LogP contribution is -2.18. The molecule has 12 heteroatoms. The highest BCUT2D eigenvalue weighted by Gasteiger charge is 2.14. The Morgan fingerprint density at radius 1 is 0.854 bits per heavy atom. The summed E-state index contributed by atoms with van der Waals surface area (Å²) in [6.07, 6.45) is 1.39. The van der Waals surface area contributed by atoms with Crippen LogP contribution in [-0.4, -0.2) is 36.0 Å². The quantitative estimate of drug-likeness (QED) is 0.0816. The first kappa shape index (κ1) is 28.6. The summed E-state index contributed by atoms with van der Waals surface area (Å²) in [5, 5.41) is 17.4. The predicted molar refractivity (Wildman–Crippen MR) is 155 cm³/mol. The van der Waals surface area contributed by atoms with Crippen LogP contribution in [0.5, 0.6) is 11.5 Å². The van der Waals surface area contributed by atoms with Crippen molar-refractivity contribution in [3.05, 3.63) is 128 Å². The summed E-state index contributed by atoms with van der Waals surface area (Å²) in [7, 11) is 1.43. The number of nitro benzene ring substituents is 1. The number of amides is 2. The number of carbonyl (C=O) groups excluding carboxylic acids is 3. The number of halogens is 1. The number of methoxy groups -OCH3 is 1. The number of esters is 1. The van der Waals surface area contributed by atoms with Crippen molar-refractivity contribution in [2.45, 2.75) is 0 Å². The maximum atomic E-state index is 12.6. The second-order valence-electron chi connectivity index (χ2n) is 8.34. The summed E-state index contributed by atoms with van der Waals surface area (Å²) in [6, 6.07) is 22.8. The van der Waals surface area contributed by atoms with Crippen LogP contribution in [0.25, 0.3) is 0 Å². The molecule has 0 aliphatic rings. The van der Waals surface area contributed by atoms with Crippen molar-refractivity contribution in [2.75, 3.05) is 12.4 Å². The van der Waals surface area contributed by atoms with Crippen molar-refractivity contribution in [3.63, 3.8) is 0 Å². The van der Waals surface area contributed by atoms with Gasteiger partial charge >= 0.3 is 5.97 Å². The van der Waals surface area contributed by atoms with Crippen LogP contribution in [0, 0.1) is 10.1 Å². The fraction of sp³-hybridized carbons (Fsp3) is 0.0345. The third-order valence-corrected chi connectivity index (χ3v) is 6.10. The molecule has 0 unspecified atom stereocenters. The van der Waals surface area contributed by atoms with E-state index >= 15 is 0 Å². The van der Waals surface area contributed by atoms with Crippen LogP contribution >= 0.6 is 15.9 Å². The number of hydrazone groups is 1. The van der Waals surface area contributed by atoms with Crippen molar-refractivity contribution in [1.82, 2.24) is 5.43 Å². The highest BCUT2D eigenvalue weighted by Crippen LogP contribution is 2.28. The van der Waals surface area contributed by atoms with E-state index in [0.717, 1.165) is 4.47 Å². The van der Waals surface area contributed by atoms with Crippen LogP contribution in [0.1, 0.15) is 36.6 Å². The molecule has 0 fully saturated rings. The molecule has 0 aliphatic carbocycles.